The number of primary amides is 1. The van der Waals surface area contributed by atoms with Gasteiger partial charge in [0.15, 0.2) is 5.96 Å². The van der Waals surface area contributed by atoms with Gasteiger partial charge < -0.3 is 21.3 Å². The largest absolute Gasteiger partial charge is 0.369 e. The first-order chi connectivity index (χ1) is 12.2. The predicted octanol–water partition coefficient (Wildman–Crippen LogP) is 1.25. The van der Waals surface area contributed by atoms with Gasteiger partial charge in [-0.1, -0.05) is 13.0 Å². The molecule has 1 fully saturated rings. The zero-order valence-corrected chi connectivity index (χ0v) is 15.3. The molecule has 1 aliphatic rings. The highest BCUT2D eigenvalue weighted by Crippen LogP contribution is 2.24. The Balaban J connectivity index is 2.06. The minimum atomic E-state index is -0.192. The van der Waals surface area contributed by atoms with E-state index in [0.29, 0.717) is 6.54 Å². The minimum Gasteiger partial charge on any atom is -0.369 e. The highest BCUT2D eigenvalue weighted by atomic mass is 16.1. The number of carbonyl (C=O) groups excluding carboxylic acids is 1. The lowest BCUT2D eigenvalue weighted by Crippen LogP contribution is -2.39. The van der Waals surface area contributed by atoms with Gasteiger partial charge in [-0.2, -0.15) is 0 Å². The van der Waals surface area contributed by atoms with Crippen LogP contribution in [0.15, 0.2) is 23.3 Å². The van der Waals surface area contributed by atoms with Crippen LogP contribution in [-0.4, -0.2) is 43.0 Å². The van der Waals surface area contributed by atoms with Crippen molar-refractivity contribution in [2.24, 2.45) is 16.6 Å². The van der Waals surface area contributed by atoms with Crippen molar-refractivity contribution in [3.63, 3.8) is 0 Å². The van der Waals surface area contributed by atoms with Crippen molar-refractivity contribution in [2.45, 2.75) is 39.7 Å². The van der Waals surface area contributed by atoms with Gasteiger partial charge in [0.25, 0.3) is 0 Å². The number of aliphatic imine (C=N–C) groups is 1. The molecule has 0 aromatic carbocycles. The van der Waals surface area contributed by atoms with Gasteiger partial charge in [0.2, 0.25) is 5.91 Å². The number of hydrogen-bond donors (Lipinski definition) is 3. The van der Waals surface area contributed by atoms with E-state index in [-0.39, 0.29) is 11.8 Å². The van der Waals surface area contributed by atoms with Gasteiger partial charge in [-0.05, 0) is 32.3 Å². The molecule has 0 saturated carbocycles. The highest BCUT2D eigenvalue weighted by Gasteiger charge is 2.24. The molecule has 25 heavy (non-hydrogen) atoms. The molecule has 1 aromatic rings. The second-order valence-corrected chi connectivity index (χ2v) is 6.27. The lowest BCUT2D eigenvalue weighted by atomic mass is 9.96. The first-order valence-electron chi connectivity index (χ1n) is 9.16. The molecule has 0 atom stereocenters. The van der Waals surface area contributed by atoms with Crippen LogP contribution in [-0.2, 0) is 11.3 Å². The van der Waals surface area contributed by atoms with Gasteiger partial charge in [0.05, 0.1) is 6.54 Å². The van der Waals surface area contributed by atoms with Crippen LogP contribution in [0, 0.1) is 5.92 Å². The molecule has 4 N–H and O–H groups in total. The molecule has 1 aliphatic heterocycles. The third kappa shape index (κ3) is 5.62. The van der Waals surface area contributed by atoms with Crippen molar-refractivity contribution >= 4 is 17.7 Å². The Morgan fingerprint density at radius 2 is 2.12 bits per heavy atom. The summed E-state index contributed by atoms with van der Waals surface area (Å²) < 4.78 is 0. The second-order valence-electron chi connectivity index (χ2n) is 6.27. The van der Waals surface area contributed by atoms with E-state index in [1.54, 1.807) is 0 Å². The van der Waals surface area contributed by atoms with Gasteiger partial charge in [-0.25, -0.2) is 9.98 Å². The SMILES string of the molecule is CCCNC(=NCc1cccnc1N1CCC(C(N)=O)CC1)NCC. The number of carbonyl (C=O) groups is 1. The van der Waals surface area contributed by atoms with Crippen molar-refractivity contribution in [1.82, 2.24) is 15.6 Å². The van der Waals surface area contributed by atoms with Crippen LogP contribution >= 0.6 is 0 Å². The summed E-state index contributed by atoms with van der Waals surface area (Å²) in [6, 6.07) is 4.01. The van der Waals surface area contributed by atoms with Crippen LogP contribution in [0.2, 0.25) is 0 Å². The van der Waals surface area contributed by atoms with E-state index in [2.05, 4.69) is 45.4 Å². The number of rotatable bonds is 7. The van der Waals surface area contributed by atoms with Crippen molar-refractivity contribution in [1.29, 1.82) is 0 Å². The first-order valence-corrected chi connectivity index (χ1v) is 9.16. The van der Waals surface area contributed by atoms with E-state index >= 15 is 0 Å². The van der Waals surface area contributed by atoms with Gasteiger partial charge in [0.1, 0.15) is 5.82 Å². The molecule has 2 rings (SSSR count). The highest BCUT2D eigenvalue weighted by molar-refractivity contribution is 5.79. The van der Waals surface area contributed by atoms with Crippen molar-refractivity contribution < 1.29 is 4.79 Å². The normalized spacial score (nSPS) is 15.9. The fraction of sp³-hybridized carbons (Fsp3) is 0.611. The molecule has 0 unspecified atom stereocenters. The average Bonchev–Trinajstić information content (AvgIpc) is 2.64. The number of nitrogens with two attached hydrogens (primary N) is 1. The summed E-state index contributed by atoms with van der Waals surface area (Å²) >= 11 is 0. The molecule has 1 amide bonds. The number of amides is 1. The third-order valence-corrected chi connectivity index (χ3v) is 4.36. The number of aromatic nitrogens is 1. The van der Waals surface area contributed by atoms with Crippen LogP contribution < -0.4 is 21.3 Å². The predicted molar refractivity (Wildman–Crippen MR) is 101 cm³/mol. The maximum Gasteiger partial charge on any atom is 0.220 e. The Bertz CT molecular complexity index is 581. The van der Waals surface area contributed by atoms with Crippen molar-refractivity contribution in [3.05, 3.63) is 23.9 Å². The summed E-state index contributed by atoms with van der Waals surface area (Å²) in [6.45, 7) is 8.08. The number of guanidine groups is 1. The molecule has 2 heterocycles. The van der Waals surface area contributed by atoms with Gasteiger partial charge in [-0.3, -0.25) is 4.79 Å². The smallest absolute Gasteiger partial charge is 0.220 e. The molecule has 7 nitrogen and oxygen atoms in total. The molecular weight excluding hydrogens is 316 g/mol. The lowest BCUT2D eigenvalue weighted by Gasteiger charge is -2.32. The fourth-order valence-corrected chi connectivity index (χ4v) is 2.96. The maximum atomic E-state index is 11.3. The zero-order valence-electron chi connectivity index (χ0n) is 15.3. The summed E-state index contributed by atoms with van der Waals surface area (Å²) in [7, 11) is 0. The molecule has 0 bridgehead atoms. The van der Waals surface area contributed by atoms with E-state index < -0.39 is 0 Å². The van der Waals surface area contributed by atoms with Crippen molar-refractivity contribution in [2.75, 3.05) is 31.1 Å². The maximum absolute atomic E-state index is 11.3. The Labute approximate surface area is 150 Å². The molecular formula is C18H30N6O. The summed E-state index contributed by atoms with van der Waals surface area (Å²) in [4.78, 5) is 22.8. The quantitative estimate of drug-likeness (QED) is 0.510. The standard InChI is InChI=1S/C18H30N6O/c1-3-9-22-18(20-4-2)23-13-15-6-5-10-21-17(15)24-11-7-14(8-12-24)16(19)25/h5-6,10,14H,3-4,7-9,11-13H2,1-2H3,(H2,19,25)(H2,20,22,23). The second kappa shape index (κ2) is 9.86. The molecule has 0 spiro atoms. The third-order valence-electron chi connectivity index (χ3n) is 4.36. The molecule has 0 aliphatic carbocycles. The Morgan fingerprint density at radius 1 is 1.36 bits per heavy atom. The van der Waals surface area contributed by atoms with Gasteiger partial charge in [-0.15, -0.1) is 0 Å². The number of hydrogen-bond acceptors (Lipinski definition) is 4. The van der Waals surface area contributed by atoms with Crippen LogP contribution in [0.5, 0.6) is 0 Å². The van der Waals surface area contributed by atoms with E-state index in [1.807, 2.05) is 12.3 Å². The number of nitrogens with zero attached hydrogens (tertiary/aromatic N) is 3. The zero-order chi connectivity index (χ0) is 18.1. The van der Waals surface area contributed by atoms with E-state index in [1.165, 1.54) is 0 Å². The Morgan fingerprint density at radius 3 is 2.76 bits per heavy atom. The van der Waals surface area contributed by atoms with Crippen LogP contribution in [0.4, 0.5) is 5.82 Å². The van der Waals surface area contributed by atoms with Gasteiger partial charge in [0, 0.05) is 43.9 Å². The number of nitrogens with one attached hydrogen (secondary N) is 2. The summed E-state index contributed by atoms with van der Waals surface area (Å²) in [6.07, 6.45) is 4.44. The lowest BCUT2D eigenvalue weighted by molar-refractivity contribution is -0.122. The molecule has 1 saturated heterocycles. The summed E-state index contributed by atoms with van der Waals surface area (Å²) in [5.41, 5.74) is 6.52. The Hall–Kier alpha value is -2.31. The number of piperidine rings is 1. The Kier molecular flexibility index (Phi) is 7.50. The van der Waals surface area contributed by atoms with Crippen LogP contribution in [0.1, 0.15) is 38.7 Å². The van der Waals surface area contributed by atoms with Crippen LogP contribution in [0.25, 0.3) is 0 Å². The molecule has 7 heteroatoms. The topological polar surface area (TPSA) is 95.6 Å². The first kappa shape index (κ1) is 19.0. The number of anilines is 1. The monoisotopic (exact) mass is 346 g/mol. The summed E-state index contributed by atoms with van der Waals surface area (Å²) in [5, 5.41) is 6.57. The van der Waals surface area contributed by atoms with E-state index in [0.717, 1.165) is 62.8 Å². The van der Waals surface area contributed by atoms with Crippen molar-refractivity contribution in [3.8, 4) is 0 Å². The van der Waals surface area contributed by atoms with Crippen LogP contribution in [0.3, 0.4) is 0 Å². The minimum absolute atomic E-state index is 0.0139. The average molecular weight is 346 g/mol. The summed E-state index contributed by atoms with van der Waals surface area (Å²) in [5.74, 6) is 1.58. The van der Waals surface area contributed by atoms with E-state index in [4.69, 9.17) is 5.73 Å². The molecule has 138 valence electrons. The van der Waals surface area contributed by atoms with Gasteiger partial charge >= 0.3 is 0 Å². The van der Waals surface area contributed by atoms with E-state index in [9.17, 15) is 4.79 Å². The molecule has 1 aromatic heterocycles. The molecule has 0 radical (unpaired) electrons. The fourth-order valence-electron chi connectivity index (χ4n) is 2.96. The number of pyridine rings is 1.